The fourth-order valence-electron chi connectivity index (χ4n) is 2.30. The summed E-state index contributed by atoms with van der Waals surface area (Å²) in [5.74, 6) is 0. The van der Waals surface area contributed by atoms with Gasteiger partial charge in [0.1, 0.15) is 0 Å². The third-order valence-electron chi connectivity index (χ3n) is 3.71. The van der Waals surface area contributed by atoms with E-state index in [-0.39, 0.29) is 0 Å². The fourth-order valence-corrected chi connectivity index (χ4v) is 2.30. The van der Waals surface area contributed by atoms with Crippen LogP contribution in [0.1, 0.15) is 46.5 Å². The Hall–Kier alpha value is -0.0800. The molecule has 0 aromatic carbocycles. The van der Waals surface area contributed by atoms with Crippen molar-refractivity contribution in [1.29, 1.82) is 0 Å². The molecule has 0 aromatic rings. The predicted octanol–water partition coefficient (Wildman–Crippen LogP) is 2.25. The van der Waals surface area contributed by atoms with Crippen LogP contribution in [0.15, 0.2) is 0 Å². The highest BCUT2D eigenvalue weighted by Crippen LogP contribution is 2.26. The zero-order chi connectivity index (χ0) is 10.8. The molecular weight excluding hydrogens is 172 g/mol. The van der Waals surface area contributed by atoms with Gasteiger partial charge in [0.05, 0.1) is 0 Å². The van der Waals surface area contributed by atoms with Crippen molar-refractivity contribution in [3.8, 4) is 0 Å². The SMILES string of the molecule is CNC1CCC(N(C)C(C)(C)C)CC1. The van der Waals surface area contributed by atoms with Crippen LogP contribution in [0.5, 0.6) is 0 Å². The van der Waals surface area contributed by atoms with Gasteiger partial charge in [0.15, 0.2) is 0 Å². The molecule has 0 aliphatic heterocycles. The molecule has 0 amide bonds. The van der Waals surface area contributed by atoms with Crippen LogP contribution in [0.25, 0.3) is 0 Å². The molecule has 14 heavy (non-hydrogen) atoms. The Balaban J connectivity index is 2.42. The van der Waals surface area contributed by atoms with E-state index in [1.807, 2.05) is 0 Å². The first-order valence-electron chi connectivity index (χ1n) is 5.85. The molecule has 1 aliphatic rings. The van der Waals surface area contributed by atoms with Gasteiger partial charge in [-0.25, -0.2) is 0 Å². The van der Waals surface area contributed by atoms with Gasteiger partial charge in [-0.2, -0.15) is 0 Å². The fraction of sp³-hybridized carbons (Fsp3) is 1.00. The Morgan fingerprint density at radius 2 is 1.57 bits per heavy atom. The van der Waals surface area contributed by atoms with Gasteiger partial charge in [-0.3, -0.25) is 4.90 Å². The predicted molar refractivity (Wildman–Crippen MR) is 62.6 cm³/mol. The standard InChI is InChI=1S/C12H26N2/c1-12(2,3)14(5)11-8-6-10(13-4)7-9-11/h10-11,13H,6-9H2,1-5H3. The lowest BCUT2D eigenvalue weighted by atomic mass is 9.88. The van der Waals surface area contributed by atoms with Crippen LogP contribution < -0.4 is 5.32 Å². The second-order valence-electron chi connectivity index (χ2n) is 5.58. The van der Waals surface area contributed by atoms with E-state index in [2.05, 4.69) is 45.1 Å². The van der Waals surface area contributed by atoms with Crippen LogP contribution >= 0.6 is 0 Å². The molecule has 2 heteroatoms. The van der Waals surface area contributed by atoms with Crippen molar-refractivity contribution in [3.63, 3.8) is 0 Å². The van der Waals surface area contributed by atoms with Crippen molar-refractivity contribution >= 4 is 0 Å². The smallest absolute Gasteiger partial charge is 0.0124 e. The molecule has 0 aromatic heterocycles. The zero-order valence-electron chi connectivity index (χ0n) is 10.4. The lowest BCUT2D eigenvalue weighted by molar-refractivity contribution is 0.0849. The lowest BCUT2D eigenvalue weighted by Crippen LogP contribution is -2.48. The Labute approximate surface area is 89.1 Å². The maximum atomic E-state index is 3.38. The lowest BCUT2D eigenvalue weighted by Gasteiger charge is -2.42. The summed E-state index contributed by atoms with van der Waals surface area (Å²) in [6.45, 7) is 6.91. The first kappa shape index (κ1) is 12.0. The van der Waals surface area contributed by atoms with Crippen molar-refractivity contribution < 1.29 is 0 Å². The van der Waals surface area contributed by atoms with E-state index < -0.39 is 0 Å². The summed E-state index contributed by atoms with van der Waals surface area (Å²) in [6, 6.07) is 1.55. The summed E-state index contributed by atoms with van der Waals surface area (Å²) >= 11 is 0. The average molecular weight is 198 g/mol. The van der Waals surface area contributed by atoms with E-state index in [0.717, 1.165) is 12.1 Å². The van der Waals surface area contributed by atoms with Crippen LogP contribution in [0, 0.1) is 0 Å². The number of nitrogens with zero attached hydrogens (tertiary/aromatic N) is 1. The largest absolute Gasteiger partial charge is 0.317 e. The van der Waals surface area contributed by atoms with Gasteiger partial charge >= 0.3 is 0 Å². The Morgan fingerprint density at radius 1 is 1.07 bits per heavy atom. The summed E-state index contributed by atoms with van der Waals surface area (Å²) in [5, 5.41) is 3.38. The Bertz CT molecular complexity index is 164. The molecule has 0 unspecified atom stereocenters. The molecule has 0 bridgehead atoms. The van der Waals surface area contributed by atoms with Crippen molar-refractivity contribution in [2.45, 2.75) is 64.1 Å². The van der Waals surface area contributed by atoms with Gasteiger partial charge in [-0.1, -0.05) is 0 Å². The van der Waals surface area contributed by atoms with Crippen LogP contribution in [0.3, 0.4) is 0 Å². The van der Waals surface area contributed by atoms with Crippen LogP contribution in [0.2, 0.25) is 0 Å². The maximum absolute atomic E-state index is 3.38. The molecule has 0 heterocycles. The summed E-state index contributed by atoms with van der Waals surface area (Å²) in [6.07, 6.45) is 5.36. The van der Waals surface area contributed by atoms with Gasteiger partial charge in [0, 0.05) is 17.6 Å². The van der Waals surface area contributed by atoms with E-state index >= 15 is 0 Å². The normalized spacial score (nSPS) is 29.6. The summed E-state index contributed by atoms with van der Waals surface area (Å²) in [4.78, 5) is 2.54. The molecule has 0 atom stereocenters. The highest BCUT2D eigenvalue weighted by atomic mass is 15.2. The average Bonchev–Trinajstić information content (AvgIpc) is 2.15. The number of hydrogen-bond acceptors (Lipinski definition) is 2. The minimum atomic E-state index is 0.317. The first-order valence-corrected chi connectivity index (χ1v) is 5.85. The van der Waals surface area contributed by atoms with Gasteiger partial charge in [0.2, 0.25) is 0 Å². The van der Waals surface area contributed by atoms with Crippen LogP contribution in [0.4, 0.5) is 0 Å². The van der Waals surface area contributed by atoms with E-state index in [1.54, 1.807) is 0 Å². The first-order chi connectivity index (χ1) is 6.45. The molecule has 0 saturated heterocycles. The zero-order valence-corrected chi connectivity index (χ0v) is 10.4. The molecule has 1 rings (SSSR count). The van der Waals surface area contributed by atoms with Gasteiger partial charge in [0.25, 0.3) is 0 Å². The quantitative estimate of drug-likeness (QED) is 0.732. The molecule has 2 nitrogen and oxygen atoms in total. The Morgan fingerprint density at radius 3 is 1.93 bits per heavy atom. The molecule has 1 N–H and O–H groups in total. The highest BCUT2D eigenvalue weighted by molar-refractivity contribution is 4.86. The van der Waals surface area contributed by atoms with E-state index in [0.29, 0.717) is 5.54 Å². The van der Waals surface area contributed by atoms with Crippen LogP contribution in [-0.2, 0) is 0 Å². The molecule has 1 fully saturated rings. The van der Waals surface area contributed by atoms with E-state index in [9.17, 15) is 0 Å². The third kappa shape index (κ3) is 2.96. The van der Waals surface area contributed by atoms with E-state index in [4.69, 9.17) is 0 Å². The molecule has 84 valence electrons. The van der Waals surface area contributed by atoms with Gasteiger partial charge < -0.3 is 5.32 Å². The molecule has 1 saturated carbocycles. The monoisotopic (exact) mass is 198 g/mol. The topological polar surface area (TPSA) is 15.3 Å². The third-order valence-corrected chi connectivity index (χ3v) is 3.71. The summed E-state index contributed by atoms with van der Waals surface area (Å²) < 4.78 is 0. The number of nitrogens with one attached hydrogen (secondary N) is 1. The summed E-state index contributed by atoms with van der Waals surface area (Å²) in [7, 11) is 4.35. The minimum Gasteiger partial charge on any atom is -0.317 e. The van der Waals surface area contributed by atoms with Crippen molar-refractivity contribution in [3.05, 3.63) is 0 Å². The number of hydrogen-bond donors (Lipinski definition) is 1. The van der Waals surface area contributed by atoms with E-state index in [1.165, 1.54) is 25.7 Å². The van der Waals surface area contributed by atoms with Crippen molar-refractivity contribution in [1.82, 2.24) is 10.2 Å². The van der Waals surface area contributed by atoms with Gasteiger partial charge in [-0.05, 0) is 60.5 Å². The second-order valence-corrected chi connectivity index (χ2v) is 5.58. The molecular formula is C12H26N2. The second kappa shape index (κ2) is 4.63. The maximum Gasteiger partial charge on any atom is 0.0124 e. The van der Waals surface area contributed by atoms with Crippen molar-refractivity contribution in [2.24, 2.45) is 0 Å². The van der Waals surface area contributed by atoms with Crippen molar-refractivity contribution in [2.75, 3.05) is 14.1 Å². The minimum absolute atomic E-state index is 0.317. The van der Waals surface area contributed by atoms with Gasteiger partial charge in [-0.15, -0.1) is 0 Å². The highest BCUT2D eigenvalue weighted by Gasteiger charge is 2.28. The summed E-state index contributed by atoms with van der Waals surface area (Å²) in [5.41, 5.74) is 0.317. The molecule has 0 radical (unpaired) electrons. The molecule has 1 aliphatic carbocycles. The number of rotatable bonds is 2. The molecule has 0 spiro atoms. The Kier molecular flexibility index (Phi) is 3.96. The van der Waals surface area contributed by atoms with Crippen LogP contribution in [-0.4, -0.2) is 36.6 Å².